The molecule has 0 unspecified atom stereocenters. The molecule has 4 heteroatoms. The van der Waals surface area contributed by atoms with Crippen molar-refractivity contribution in [3.8, 4) is 5.75 Å². The summed E-state index contributed by atoms with van der Waals surface area (Å²) in [7, 11) is 1.66. The Morgan fingerprint density at radius 2 is 2.13 bits per heavy atom. The number of hydrogen-bond donors (Lipinski definition) is 2. The summed E-state index contributed by atoms with van der Waals surface area (Å²) in [6, 6.07) is 7.71. The predicted molar refractivity (Wildman–Crippen MR) is 60.8 cm³/mol. The molecule has 78 valence electrons. The van der Waals surface area contributed by atoms with Crippen LogP contribution in [0.4, 0.5) is 5.82 Å². The number of ether oxygens (including phenoxy) is 1. The minimum Gasteiger partial charge on any atom is -0.497 e. The maximum absolute atomic E-state index is 5.31. The molecule has 1 heterocycles. The van der Waals surface area contributed by atoms with E-state index in [-0.39, 0.29) is 0 Å². The van der Waals surface area contributed by atoms with Crippen LogP contribution in [0.1, 0.15) is 5.56 Å². The van der Waals surface area contributed by atoms with Crippen LogP contribution in [0.5, 0.6) is 5.75 Å². The SMILES string of the molecule is COc1cc(C)c2nc(NN)ccc2c1. The fourth-order valence-corrected chi connectivity index (χ4v) is 1.58. The third-order valence-corrected chi connectivity index (χ3v) is 2.34. The first-order valence-corrected chi connectivity index (χ1v) is 4.66. The molecular formula is C11H13N3O. The molecule has 1 aromatic heterocycles. The van der Waals surface area contributed by atoms with E-state index < -0.39 is 0 Å². The number of nitrogens with zero attached hydrogens (tertiary/aromatic N) is 1. The molecule has 0 bridgehead atoms. The van der Waals surface area contributed by atoms with E-state index in [9.17, 15) is 0 Å². The van der Waals surface area contributed by atoms with Gasteiger partial charge in [0.05, 0.1) is 12.6 Å². The van der Waals surface area contributed by atoms with Crippen LogP contribution < -0.4 is 16.0 Å². The van der Waals surface area contributed by atoms with Crippen molar-refractivity contribution in [1.82, 2.24) is 4.98 Å². The minimum absolute atomic E-state index is 0.663. The van der Waals surface area contributed by atoms with Gasteiger partial charge in [-0.15, -0.1) is 0 Å². The number of aryl methyl sites for hydroxylation is 1. The van der Waals surface area contributed by atoms with Crippen molar-refractivity contribution in [3.05, 3.63) is 29.8 Å². The molecule has 0 radical (unpaired) electrons. The normalized spacial score (nSPS) is 10.3. The summed E-state index contributed by atoms with van der Waals surface area (Å²) in [6.45, 7) is 2.00. The number of hydrazine groups is 1. The Kier molecular flexibility index (Phi) is 2.43. The van der Waals surface area contributed by atoms with Crippen molar-refractivity contribution in [3.63, 3.8) is 0 Å². The van der Waals surface area contributed by atoms with Gasteiger partial charge in [0, 0.05) is 5.39 Å². The third-order valence-electron chi connectivity index (χ3n) is 2.34. The monoisotopic (exact) mass is 203 g/mol. The number of nitrogen functional groups attached to an aromatic ring is 1. The highest BCUT2D eigenvalue weighted by molar-refractivity contribution is 5.84. The van der Waals surface area contributed by atoms with Crippen molar-refractivity contribution >= 4 is 16.7 Å². The summed E-state index contributed by atoms with van der Waals surface area (Å²) in [6.07, 6.45) is 0. The van der Waals surface area contributed by atoms with Gasteiger partial charge in [0.15, 0.2) is 0 Å². The highest BCUT2D eigenvalue weighted by Gasteiger charge is 2.03. The molecule has 0 saturated carbocycles. The molecule has 15 heavy (non-hydrogen) atoms. The van der Waals surface area contributed by atoms with Gasteiger partial charge in [0.2, 0.25) is 0 Å². The second-order valence-corrected chi connectivity index (χ2v) is 3.36. The summed E-state index contributed by atoms with van der Waals surface area (Å²) in [5.41, 5.74) is 4.54. The van der Waals surface area contributed by atoms with Gasteiger partial charge in [0.25, 0.3) is 0 Å². The summed E-state index contributed by atoms with van der Waals surface area (Å²) >= 11 is 0. The quantitative estimate of drug-likeness (QED) is 0.577. The fraction of sp³-hybridized carbons (Fsp3) is 0.182. The van der Waals surface area contributed by atoms with Gasteiger partial charge in [-0.25, -0.2) is 10.8 Å². The lowest BCUT2D eigenvalue weighted by atomic mass is 10.1. The van der Waals surface area contributed by atoms with E-state index in [1.165, 1.54) is 0 Å². The van der Waals surface area contributed by atoms with E-state index in [1.807, 2.05) is 31.2 Å². The number of methoxy groups -OCH3 is 1. The summed E-state index contributed by atoms with van der Waals surface area (Å²) < 4.78 is 5.19. The topological polar surface area (TPSA) is 60.2 Å². The molecule has 2 aromatic rings. The molecule has 1 aromatic carbocycles. The molecule has 2 rings (SSSR count). The standard InChI is InChI=1S/C11H13N3O/c1-7-5-9(15-2)6-8-3-4-10(14-12)13-11(7)8/h3-6H,12H2,1-2H3,(H,13,14). The molecule has 0 atom stereocenters. The van der Waals surface area contributed by atoms with Crippen LogP contribution in [0.3, 0.4) is 0 Å². The molecular weight excluding hydrogens is 190 g/mol. The molecule has 0 aliphatic carbocycles. The zero-order valence-corrected chi connectivity index (χ0v) is 8.74. The van der Waals surface area contributed by atoms with Crippen molar-refractivity contribution in [2.45, 2.75) is 6.92 Å². The molecule has 0 aliphatic rings. The maximum atomic E-state index is 5.31. The second kappa shape index (κ2) is 3.74. The van der Waals surface area contributed by atoms with Crippen LogP contribution in [0, 0.1) is 6.92 Å². The van der Waals surface area contributed by atoms with E-state index in [2.05, 4.69) is 10.4 Å². The number of benzene rings is 1. The second-order valence-electron chi connectivity index (χ2n) is 3.36. The lowest BCUT2D eigenvalue weighted by Crippen LogP contribution is -2.08. The van der Waals surface area contributed by atoms with Crippen LogP contribution in [0.25, 0.3) is 10.9 Å². The highest BCUT2D eigenvalue weighted by atomic mass is 16.5. The number of aromatic nitrogens is 1. The number of rotatable bonds is 2. The van der Waals surface area contributed by atoms with Crippen LogP contribution in [-0.4, -0.2) is 12.1 Å². The lowest BCUT2D eigenvalue weighted by Gasteiger charge is -2.07. The van der Waals surface area contributed by atoms with E-state index in [0.717, 1.165) is 22.2 Å². The number of fused-ring (bicyclic) bond motifs is 1. The Bertz CT molecular complexity index is 496. The van der Waals surface area contributed by atoms with Crippen molar-refractivity contribution in [2.24, 2.45) is 5.84 Å². The first-order valence-electron chi connectivity index (χ1n) is 4.66. The molecule has 0 aliphatic heterocycles. The minimum atomic E-state index is 0.663. The van der Waals surface area contributed by atoms with Gasteiger partial charge in [-0.1, -0.05) is 0 Å². The number of hydrogen-bond acceptors (Lipinski definition) is 4. The summed E-state index contributed by atoms with van der Waals surface area (Å²) in [5, 5.41) is 1.05. The number of nitrogens with one attached hydrogen (secondary N) is 1. The Morgan fingerprint density at radius 3 is 2.80 bits per heavy atom. The molecule has 0 fully saturated rings. The summed E-state index contributed by atoms with van der Waals surface area (Å²) in [5.74, 6) is 6.82. The van der Waals surface area contributed by atoms with E-state index >= 15 is 0 Å². The van der Waals surface area contributed by atoms with Crippen molar-refractivity contribution in [2.75, 3.05) is 12.5 Å². The fourth-order valence-electron chi connectivity index (χ4n) is 1.58. The Labute approximate surface area is 88.0 Å². The van der Waals surface area contributed by atoms with E-state index in [1.54, 1.807) is 7.11 Å². The first-order chi connectivity index (χ1) is 7.24. The Balaban J connectivity index is 2.68. The predicted octanol–water partition coefficient (Wildman–Crippen LogP) is 1.84. The molecule has 3 N–H and O–H groups in total. The number of nitrogens with two attached hydrogens (primary N) is 1. The van der Waals surface area contributed by atoms with E-state index in [4.69, 9.17) is 10.6 Å². The van der Waals surface area contributed by atoms with Gasteiger partial charge in [0.1, 0.15) is 11.6 Å². The zero-order chi connectivity index (χ0) is 10.8. The van der Waals surface area contributed by atoms with Gasteiger partial charge in [-0.3, -0.25) is 0 Å². The smallest absolute Gasteiger partial charge is 0.140 e. The molecule has 4 nitrogen and oxygen atoms in total. The van der Waals surface area contributed by atoms with Crippen molar-refractivity contribution in [1.29, 1.82) is 0 Å². The average Bonchev–Trinajstić information content (AvgIpc) is 2.28. The van der Waals surface area contributed by atoms with Crippen molar-refractivity contribution < 1.29 is 4.74 Å². The number of pyridine rings is 1. The van der Waals surface area contributed by atoms with Crippen LogP contribution >= 0.6 is 0 Å². The van der Waals surface area contributed by atoms with E-state index in [0.29, 0.717) is 5.82 Å². The first kappa shape index (κ1) is 9.73. The number of anilines is 1. The zero-order valence-electron chi connectivity index (χ0n) is 8.74. The Morgan fingerprint density at radius 1 is 1.33 bits per heavy atom. The van der Waals surface area contributed by atoms with Gasteiger partial charge in [-0.05, 0) is 36.8 Å². The van der Waals surface area contributed by atoms with Crippen LogP contribution in [0.15, 0.2) is 24.3 Å². The van der Waals surface area contributed by atoms with Crippen LogP contribution in [-0.2, 0) is 0 Å². The molecule has 0 saturated heterocycles. The van der Waals surface area contributed by atoms with Gasteiger partial charge < -0.3 is 10.2 Å². The Hall–Kier alpha value is -1.81. The third kappa shape index (κ3) is 1.71. The molecule has 0 amide bonds. The maximum Gasteiger partial charge on any atom is 0.140 e. The highest BCUT2D eigenvalue weighted by Crippen LogP contribution is 2.24. The average molecular weight is 203 g/mol. The van der Waals surface area contributed by atoms with Gasteiger partial charge in [-0.2, -0.15) is 0 Å². The largest absolute Gasteiger partial charge is 0.497 e. The van der Waals surface area contributed by atoms with Crippen LogP contribution in [0.2, 0.25) is 0 Å². The lowest BCUT2D eigenvalue weighted by molar-refractivity contribution is 0.415. The van der Waals surface area contributed by atoms with Gasteiger partial charge >= 0.3 is 0 Å². The molecule has 0 spiro atoms. The summed E-state index contributed by atoms with van der Waals surface area (Å²) in [4.78, 5) is 4.38.